The number of methoxy groups -OCH3 is 1. The van der Waals surface area contributed by atoms with Crippen LogP contribution < -0.4 is 15.8 Å². The summed E-state index contributed by atoms with van der Waals surface area (Å²) in [5.41, 5.74) is 5.97. The number of aromatic nitrogens is 2. The molecule has 2 rings (SSSR count). The van der Waals surface area contributed by atoms with Crippen molar-refractivity contribution in [3.05, 3.63) is 35.6 Å². The number of nitrogen functional groups attached to an aromatic ring is 1. The van der Waals surface area contributed by atoms with Crippen molar-refractivity contribution < 1.29 is 9.13 Å². The molecule has 0 saturated heterocycles. The van der Waals surface area contributed by atoms with Gasteiger partial charge < -0.3 is 15.8 Å². The van der Waals surface area contributed by atoms with E-state index in [1.54, 1.807) is 6.07 Å². The minimum Gasteiger partial charge on any atom is -0.481 e. The van der Waals surface area contributed by atoms with Gasteiger partial charge in [0.2, 0.25) is 11.8 Å². The zero-order valence-corrected chi connectivity index (χ0v) is 10.0. The molecule has 0 aliphatic heterocycles. The van der Waals surface area contributed by atoms with Gasteiger partial charge in [-0.1, -0.05) is 0 Å². The minimum atomic E-state index is -0.576. The quantitative estimate of drug-likeness (QED) is 0.872. The fourth-order valence-electron chi connectivity index (χ4n) is 1.45. The summed E-state index contributed by atoms with van der Waals surface area (Å²) in [5.74, 6) is 0.162. The zero-order chi connectivity index (χ0) is 13.8. The molecule has 1 heterocycles. The van der Waals surface area contributed by atoms with Gasteiger partial charge in [0.1, 0.15) is 17.7 Å². The molecule has 0 aliphatic carbocycles. The van der Waals surface area contributed by atoms with E-state index in [1.165, 1.54) is 31.4 Å². The molecule has 0 atom stereocenters. The summed E-state index contributed by atoms with van der Waals surface area (Å²) < 4.78 is 18.1. The lowest BCUT2D eigenvalue weighted by Gasteiger charge is -2.08. The van der Waals surface area contributed by atoms with E-state index in [1.807, 2.05) is 0 Å². The maximum absolute atomic E-state index is 13.2. The van der Waals surface area contributed by atoms with Gasteiger partial charge in [-0.25, -0.2) is 4.39 Å². The normalized spacial score (nSPS) is 9.74. The number of halogens is 1. The third kappa shape index (κ3) is 2.87. The summed E-state index contributed by atoms with van der Waals surface area (Å²) in [7, 11) is 1.46. The molecular weight excluding hydrogens is 249 g/mol. The Bertz CT molecular complexity index is 653. The SMILES string of the molecule is COc1cc(Nc2ccc(F)c(C#N)c2)nc(N)n1. The van der Waals surface area contributed by atoms with Crippen molar-refractivity contribution in [1.29, 1.82) is 5.26 Å². The molecular formula is C12H10FN5O. The maximum atomic E-state index is 13.2. The standard InChI is InChI=1S/C12H10FN5O/c1-19-11-5-10(17-12(15)18-11)16-8-2-3-9(13)7(4-8)6-14/h2-5H,1H3,(H3,15,16,17,18). The number of anilines is 3. The summed E-state index contributed by atoms with van der Waals surface area (Å²) in [6.07, 6.45) is 0. The first-order chi connectivity index (χ1) is 9.12. The summed E-state index contributed by atoms with van der Waals surface area (Å²) >= 11 is 0. The first-order valence-electron chi connectivity index (χ1n) is 5.27. The van der Waals surface area contributed by atoms with Gasteiger partial charge in [-0.3, -0.25) is 0 Å². The number of hydrogen-bond acceptors (Lipinski definition) is 6. The molecule has 96 valence electrons. The number of rotatable bonds is 3. The van der Waals surface area contributed by atoms with E-state index in [0.717, 1.165) is 0 Å². The minimum absolute atomic E-state index is 0.0458. The summed E-state index contributed by atoms with van der Waals surface area (Å²) in [6.45, 7) is 0. The third-order valence-corrected chi connectivity index (χ3v) is 2.29. The number of nitriles is 1. The van der Waals surface area contributed by atoms with Crippen LogP contribution in [0.5, 0.6) is 5.88 Å². The van der Waals surface area contributed by atoms with Gasteiger partial charge in [0.15, 0.2) is 0 Å². The molecule has 0 bridgehead atoms. The molecule has 0 spiro atoms. The summed E-state index contributed by atoms with van der Waals surface area (Å²) in [4.78, 5) is 7.79. The van der Waals surface area contributed by atoms with E-state index < -0.39 is 5.82 Å². The Balaban J connectivity index is 2.31. The van der Waals surface area contributed by atoms with Crippen molar-refractivity contribution in [2.45, 2.75) is 0 Å². The van der Waals surface area contributed by atoms with Crippen LogP contribution in [0.4, 0.5) is 21.8 Å². The Labute approximate surface area is 108 Å². The number of hydrogen-bond donors (Lipinski definition) is 2. The maximum Gasteiger partial charge on any atom is 0.225 e. The third-order valence-electron chi connectivity index (χ3n) is 2.29. The highest BCUT2D eigenvalue weighted by Crippen LogP contribution is 2.21. The molecule has 0 amide bonds. The molecule has 3 N–H and O–H groups in total. The van der Waals surface area contributed by atoms with Crippen molar-refractivity contribution in [1.82, 2.24) is 9.97 Å². The predicted octanol–water partition coefficient (Wildman–Crippen LogP) is 1.82. The summed E-state index contributed by atoms with van der Waals surface area (Å²) in [6, 6.07) is 7.35. The highest BCUT2D eigenvalue weighted by molar-refractivity contribution is 5.60. The van der Waals surface area contributed by atoms with Gasteiger partial charge in [-0.2, -0.15) is 15.2 Å². The van der Waals surface area contributed by atoms with Crippen LogP contribution >= 0.6 is 0 Å². The lowest BCUT2D eigenvalue weighted by molar-refractivity contribution is 0.398. The largest absolute Gasteiger partial charge is 0.481 e. The Morgan fingerprint density at radius 3 is 2.84 bits per heavy atom. The molecule has 1 aromatic carbocycles. The van der Waals surface area contributed by atoms with Crippen LogP contribution in [0.2, 0.25) is 0 Å². The van der Waals surface area contributed by atoms with Crippen LogP contribution in [0.1, 0.15) is 5.56 Å². The van der Waals surface area contributed by atoms with E-state index in [2.05, 4.69) is 15.3 Å². The molecule has 0 radical (unpaired) electrons. The van der Waals surface area contributed by atoms with Crippen LogP contribution in [0.25, 0.3) is 0 Å². The van der Waals surface area contributed by atoms with Crippen LogP contribution in [0.15, 0.2) is 24.3 Å². The van der Waals surface area contributed by atoms with Crippen molar-refractivity contribution in [2.24, 2.45) is 0 Å². The molecule has 1 aromatic heterocycles. The molecule has 0 aliphatic rings. The van der Waals surface area contributed by atoms with Gasteiger partial charge in [0.05, 0.1) is 12.7 Å². The second kappa shape index (κ2) is 5.18. The van der Waals surface area contributed by atoms with Crippen LogP contribution in [-0.2, 0) is 0 Å². The lowest BCUT2D eigenvalue weighted by Crippen LogP contribution is -2.02. The monoisotopic (exact) mass is 259 g/mol. The van der Waals surface area contributed by atoms with Crippen molar-refractivity contribution in [3.63, 3.8) is 0 Å². The van der Waals surface area contributed by atoms with E-state index >= 15 is 0 Å². The molecule has 6 nitrogen and oxygen atoms in total. The average molecular weight is 259 g/mol. The molecule has 19 heavy (non-hydrogen) atoms. The van der Waals surface area contributed by atoms with E-state index in [9.17, 15) is 4.39 Å². The number of ether oxygens (including phenoxy) is 1. The Hall–Kier alpha value is -2.88. The smallest absolute Gasteiger partial charge is 0.225 e. The lowest BCUT2D eigenvalue weighted by atomic mass is 10.2. The summed E-state index contributed by atoms with van der Waals surface area (Å²) in [5, 5.41) is 11.6. The van der Waals surface area contributed by atoms with Crippen LogP contribution in [0.3, 0.4) is 0 Å². The number of benzene rings is 1. The second-order valence-corrected chi connectivity index (χ2v) is 3.59. The second-order valence-electron chi connectivity index (χ2n) is 3.59. The number of nitrogens with zero attached hydrogens (tertiary/aromatic N) is 3. The van der Waals surface area contributed by atoms with Crippen molar-refractivity contribution in [2.75, 3.05) is 18.2 Å². The molecule has 0 saturated carbocycles. The fraction of sp³-hybridized carbons (Fsp3) is 0.0833. The first kappa shape index (κ1) is 12.6. The highest BCUT2D eigenvalue weighted by atomic mass is 19.1. The fourth-order valence-corrected chi connectivity index (χ4v) is 1.45. The highest BCUT2D eigenvalue weighted by Gasteiger charge is 2.06. The van der Waals surface area contributed by atoms with Gasteiger partial charge >= 0.3 is 0 Å². The Morgan fingerprint density at radius 1 is 1.37 bits per heavy atom. The van der Waals surface area contributed by atoms with Crippen molar-refractivity contribution in [3.8, 4) is 11.9 Å². The van der Waals surface area contributed by atoms with Crippen LogP contribution in [0, 0.1) is 17.1 Å². The van der Waals surface area contributed by atoms with Crippen molar-refractivity contribution >= 4 is 17.5 Å². The number of nitrogens with two attached hydrogens (primary N) is 1. The molecule has 0 unspecified atom stereocenters. The topological polar surface area (TPSA) is 96.8 Å². The van der Waals surface area contributed by atoms with Gasteiger partial charge in [-0.15, -0.1) is 0 Å². The van der Waals surface area contributed by atoms with Crippen LogP contribution in [-0.4, -0.2) is 17.1 Å². The Kier molecular flexibility index (Phi) is 3.43. The van der Waals surface area contributed by atoms with Gasteiger partial charge in [-0.05, 0) is 18.2 Å². The zero-order valence-electron chi connectivity index (χ0n) is 10.0. The molecule has 7 heteroatoms. The molecule has 2 aromatic rings. The Morgan fingerprint density at radius 2 is 2.16 bits per heavy atom. The molecule has 0 fully saturated rings. The number of nitrogens with one attached hydrogen (secondary N) is 1. The van der Waals surface area contributed by atoms with Gasteiger partial charge in [0, 0.05) is 11.8 Å². The first-order valence-corrected chi connectivity index (χ1v) is 5.27. The van der Waals surface area contributed by atoms with E-state index in [-0.39, 0.29) is 11.5 Å². The van der Waals surface area contributed by atoms with E-state index in [4.69, 9.17) is 15.7 Å². The average Bonchev–Trinajstić information content (AvgIpc) is 2.40. The van der Waals surface area contributed by atoms with Gasteiger partial charge in [0.25, 0.3) is 0 Å². The van der Waals surface area contributed by atoms with E-state index in [0.29, 0.717) is 17.4 Å². The predicted molar refractivity (Wildman–Crippen MR) is 67.4 cm³/mol.